The van der Waals surface area contributed by atoms with Crippen LogP contribution in [0.3, 0.4) is 0 Å². The summed E-state index contributed by atoms with van der Waals surface area (Å²) in [7, 11) is 1.65. The topological polar surface area (TPSA) is 71.4 Å². The lowest BCUT2D eigenvalue weighted by atomic mass is 10.1. The molecule has 1 aromatic carbocycles. The molecule has 2 N–H and O–H groups in total. The number of carbonyl (C=O) groups excluding carboxylic acids is 1. The molecule has 0 radical (unpaired) electrons. The quantitative estimate of drug-likeness (QED) is 0.554. The van der Waals surface area contributed by atoms with Crippen molar-refractivity contribution >= 4 is 11.4 Å². The van der Waals surface area contributed by atoms with Crippen LogP contribution >= 0.6 is 0 Å². The van der Waals surface area contributed by atoms with E-state index in [2.05, 4.69) is 15.5 Å². The number of nitrogens with one attached hydrogen (secondary N) is 2. The second-order valence-corrected chi connectivity index (χ2v) is 6.23. The van der Waals surface area contributed by atoms with Crippen LogP contribution in [0.1, 0.15) is 15.9 Å². The molecule has 0 saturated heterocycles. The first-order chi connectivity index (χ1) is 13.3. The minimum atomic E-state index is -0.0904. The highest BCUT2D eigenvalue weighted by atomic mass is 16.5. The normalized spacial score (nSPS) is 10.9. The molecule has 1 amide bonds. The Hall–Kier alpha value is -3.54. The van der Waals surface area contributed by atoms with Crippen molar-refractivity contribution in [2.24, 2.45) is 0 Å². The van der Waals surface area contributed by atoms with Gasteiger partial charge < -0.3 is 14.5 Å². The minimum absolute atomic E-state index is 0.0904. The Balaban J connectivity index is 1.53. The van der Waals surface area contributed by atoms with Gasteiger partial charge in [-0.2, -0.15) is 5.10 Å². The van der Waals surface area contributed by atoms with Crippen molar-refractivity contribution in [1.82, 2.24) is 19.9 Å². The van der Waals surface area contributed by atoms with Crippen molar-refractivity contribution in [2.75, 3.05) is 13.7 Å². The van der Waals surface area contributed by atoms with Crippen molar-refractivity contribution < 1.29 is 9.53 Å². The zero-order chi connectivity index (χ0) is 18.6. The fraction of sp³-hybridized carbons (Fsp3) is 0.143. The minimum Gasteiger partial charge on any atom is -0.497 e. The fourth-order valence-corrected chi connectivity index (χ4v) is 3.18. The predicted octanol–water partition coefficient (Wildman–Crippen LogP) is 3.31. The SMILES string of the molecule is COc1cccc(CCNC(=O)c2cc(-c3ccn[nH]3)n3ccccc23)c1. The van der Waals surface area contributed by atoms with Crippen molar-refractivity contribution in [2.45, 2.75) is 6.42 Å². The molecule has 4 rings (SSSR count). The highest BCUT2D eigenvalue weighted by Crippen LogP contribution is 2.24. The number of methoxy groups -OCH3 is 1. The molecular formula is C21H20N4O2. The van der Waals surface area contributed by atoms with Gasteiger partial charge >= 0.3 is 0 Å². The van der Waals surface area contributed by atoms with Gasteiger partial charge in [0.2, 0.25) is 0 Å². The number of hydrogen-bond acceptors (Lipinski definition) is 3. The third kappa shape index (κ3) is 3.42. The maximum Gasteiger partial charge on any atom is 0.253 e. The van der Waals surface area contributed by atoms with E-state index in [0.29, 0.717) is 12.1 Å². The summed E-state index contributed by atoms with van der Waals surface area (Å²) in [6, 6.07) is 17.5. The second-order valence-electron chi connectivity index (χ2n) is 6.23. The van der Waals surface area contributed by atoms with Crippen LogP contribution in [0.5, 0.6) is 5.75 Å². The summed E-state index contributed by atoms with van der Waals surface area (Å²) in [5, 5.41) is 9.98. The fourth-order valence-electron chi connectivity index (χ4n) is 3.18. The third-order valence-corrected chi connectivity index (χ3v) is 4.53. The van der Waals surface area contributed by atoms with E-state index in [0.717, 1.165) is 34.6 Å². The molecule has 0 aliphatic heterocycles. The second kappa shape index (κ2) is 7.37. The van der Waals surface area contributed by atoms with E-state index in [-0.39, 0.29) is 5.91 Å². The van der Waals surface area contributed by atoms with Gasteiger partial charge in [0.1, 0.15) is 5.75 Å². The van der Waals surface area contributed by atoms with Crippen LogP contribution in [0.2, 0.25) is 0 Å². The van der Waals surface area contributed by atoms with Gasteiger partial charge in [-0.05, 0) is 48.4 Å². The summed E-state index contributed by atoms with van der Waals surface area (Å²) in [5.74, 6) is 0.730. The maximum atomic E-state index is 12.8. The predicted molar refractivity (Wildman–Crippen MR) is 104 cm³/mol. The molecule has 0 spiro atoms. The molecule has 0 atom stereocenters. The van der Waals surface area contributed by atoms with Crippen LogP contribution in [-0.4, -0.2) is 34.2 Å². The lowest BCUT2D eigenvalue weighted by Gasteiger charge is -2.06. The first-order valence-corrected chi connectivity index (χ1v) is 8.77. The molecule has 0 aliphatic carbocycles. The van der Waals surface area contributed by atoms with Gasteiger partial charge in [0, 0.05) is 18.9 Å². The van der Waals surface area contributed by atoms with E-state index in [9.17, 15) is 4.79 Å². The first kappa shape index (κ1) is 16.9. The van der Waals surface area contributed by atoms with Crippen molar-refractivity contribution in [3.8, 4) is 17.1 Å². The monoisotopic (exact) mass is 360 g/mol. The average Bonchev–Trinajstić information content (AvgIpc) is 3.36. The van der Waals surface area contributed by atoms with Crippen molar-refractivity contribution in [1.29, 1.82) is 0 Å². The largest absolute Gasteiger partial charge is 0.497 e. The molecule has 0 saturated carbocycles. The molecular weight excluding hydrogens is 340 g/mol. The molecule has 6 heteroatoms. The Morgan fingerprint density at radius 2 is 2.11 bits per heavy atom. The molecule has 3 aromatic heterocycles. The van der Waals surface area contributed by atoms with Crippen molar-refractivity contribution in [3.05, 3.63) is 78.1 Å². The van der Waals surface area contributed by atoms with Gasteiger partial charge in [-0.25, -0.2) is 0 Å². The molecule has 0 fully saturated rings. The van der Waals surface area contributed by atoms with Gasteiger partial charge in [0.05, 0.1) is 29.6 Å². The third-order valence-electron chi connectivity index (χ3n) is 4.53. The van der Waals surface area contributed by atoms with Gasteiger partial charge in [-0.3, -0.25) is 9.89 Å². The summed E-state index contributed by atoms with van der Waals surface area (Å²) < 4.78 is 7.23. The number of amides is 1. The standard InChI is InChI=1S/C21H20N4O2/c1-27-16-6-4-5-15(13-16)8-10-22-21(26)17-14-20(18-9-11-23-24-18)25-12-3-2-7-19(17)25/h2-7,9,11-14H,8,10H2,1H3,(H,22,26)(H,23,24). The molecule has 0 bridgehead atoms. The summed E-state index contributed by atoms with van der Waals surface area (Å²) in [5.41, 5.74) is 4.40. The van der Waals surface area contributed by atoms with E-state index >= 15 is 0 Å². The molecule has 136 valence electrons. The number of H-pyrrole nitrogens is 1. The van der Waals surface area contributed by atoms with Crippen LogP contribution < -0.4 is 10.1 Å². The molecule has 0 unspecified atom stereocenters. The number of aromatic amines is 1. The number of carbonyl (C=O) groups is 1. The lowest BCUT2D eigenvalue weighted by Crippen LogP contribution is -2.25. The van der Waals surface area contributed by atoms with Crippen LogP contribution in [0, 0.1) is 0 Å². The first-order valence-electron chi connectivity index (χ1n) is 8.77. The number of hydrogen-bond donors (Lipinski definition) is 2. The molecule has 4 aromatic rings. The van der Waals surface area contributed by atoms with Crippen molar-refractivity contribution in [3.63, 3.8) is 0 Å². The van der Waals surface area contributed by atoms with Crippen LogP contribution in [0.15, 0.2) is 67.0 Å². The zero-order valence-electron chi connectivity index (χ0n) is 15.0. The Morgan fingerprint density at radius 3 is 2.93 bits per heavy atom. The summed E-state index contributed by atoms with van der Waals surface area (Å²) in [6.45, 7) is 0.551. The van der Waals surface area contributed by atoms with E-state index in [1.165, 1.54) is 0 Å². The van der Waals surface area contributed by atoms with Gasteiger partial charge in [0.25, 0.3) is 5.91 Å². The molecule has 27 heavy (non-hydrogen) atoms. The highest BCUT2D eigenvalue weighted by Gasteiger charge is 2.16. The Bertz CT molecular complexity index is 1070. The van der Waals surface area contributed by atoms with E-state index in [1.54, 1.807) is 13.3 Å². The Labute approximate surface area is 156 Å². The number of ether oxygens (including phenoxy) is 1. The van der Waals surface area contributed by atoms with Crippen LogP contribution in [0.25, 0.3) is 16.9 Å². The Morgan fingerprint density at radius 1 is 1.19 bits per heavy atom. The maximum absolute atomic E-state index is 12.8. The molecule has 0 aliphatic rings. The van der Waals surface area contributed by atoms with Gasteiger partial charge in [0.15, 0.2) is 0 Å². The number of fused-ring (bicyclic) bond motifs is 1. The number of pyridine rings is 1. The lowest BCUT2D eigenvalue weighted by molar-refractivity contribution is 0.0956. The number of rotatable bonds is 6. The highest BCUT2D eigenvalue weighted by molar-refractivity contribution is 6.02. The summed E-state index contributed by atoms with van der Waals surface area (Å²) in [6.07, 6.45) is 4.38. The molecule has 3 heterocycles. The van der Waals surface area contributed by atoms with E-state index in [4.69, 9.17) is 4.74 Å². The number of nitrogens with zero attached hydrogens (tertiary/aromatic N) is 2. The van der Waals surface area contributed by atoms with E-state index in [1.807, 2.05) is 65.2 Å². The Kier molecular flexibility index (Phi) is 4.61. The van der Waals surface area contributed by atoms with E-state index < -0.39 is 0 Å². The average molecular weight is 360 g/mol. The smallest absolute Gasteiger partial charge is 0.253 e. The van der Waals surface area contributed by atoms with Crippen LogP contribution in [0.4, 0.5) is 0 Å². The summed E-state index contributed by atoms with van der Waals surface area (Å²) in [4.78, 5) is 12.8. The number of benzene rings is 1. The van der Waals surface area contributed by atoms with Gasteiger partial charge in [-0.15, -0.1) is 0 Å². The molecule has 6 nitrogen and oxygen atoms in total. The van der Waals surface area contributed by atoms with Crippen LogP contribution in [-0.2, 0) is 6.42 Å². The zero-order valence-corrected chi connectivity index (χ0v) is 15.0. The summed E-state index contributed by atoms with van der Waals surface area (Å²) >= 11 is 0. The number of aromatic nitrogens is 3. The van der Waals surface area contributed by atoms with Gasteiger partial charge in [-0.1, -0.05) is 18.2 Å².